The summed E-state index contributed by atoms with van der Waals surface area (Å²) in [5, 5.41) is 6.82. The van der Waals surface area contributed by atoms with Crippen LogP contribution in [0.3, 0.4) is 0 Å². The van der Waals surface area contributed by atoms with Crippen LogP contribution in [0, 0.1) is 0 Å². The van der Waals surface area contributed by atoms with Crippen LogP contribution in [0.1, 0.15) is 10.4 Å². The SMILES string of the molecule is O=C(CSc1cccc(NC(=S)Nc2ccccc2)c1)c1ccc2c(c1)OCO2. The summed E-state index contributed by atoms with van der Waals surface area (Å²) in [5.41, 5.74) is 2.40. The van der Waals surface area contributed by atoms with Crippen LogP contribution in [0.2, 0.25) is 0 Å². The lowest BCUT2D eigenvalue weighted by Crippen LogP contribution is -2.18. The number of rotatable bonds is 6. The highest BCUT2D eigenvalue weighted by Gasteiger charge is 2.16. The van der Waals surface area contributed by atoms with Crippen LogP contribution in [-0.4, -0.2) is 23.4 Å². The molecule has 2 N–H and O–H groups in total. The van der Waals surface area contributed by atoms with Crippen molar-refractivity contribution >= 4 is 46.3 Å². The lowest BCUT2D eigenvalue weighted by molar-refractivity contribution is 0.102. The van der Waals surface area contributed by atoms with Crippen molar-refractivity contribution in [1.82, 2.24) is 0 Å². The van der Waals surface area contributed by atoms with Gasteiger partial charge in [0.05, 0.1) is 5.75 Å². The number of para-hydroxylation sites is 1. The largest absolute Gasteiger partial charge is 0.454 e. The topological polar surface area (TPSA) is 59.6 Å². The first kappa shape index (κ1) is 19.3. The molecule has 29 heavy (non-hydrogen) atoms. The fourth-order valence-electron chi connectivity index (χ4n) is 2.78. The van der Waals surface area contributed by atoms with Gasteiger partial charge in [0, 0.05) is 21.8 Å². The van der Waals surface area contributed by atoms with E-state index in [0.717, 1.165) is 16.3 Å². The van der Waals surface area contributed by atoms with Gasteiger partial charge in [0.25, 0.3) is 0 Å². The predicted octanol–water partition coefficient (Wildman–Crippen LogP) is 5.20. The van der Waals surface area contributed by atoms with Crippen LogP contribution in [-0.2, 0) is 0 Å². The second-order valence-corrected chi connectivity index (χ2v) is 7.71. The smallest absolute Gasteiger partial charge is 0.231 e. The van der Waals surface area contributed by atoms with Gasteiger partial charge in [-0.05, 0) is 60.7 Å². The Labute approximate surface area is 178 Å². The first-order chi connectivity index (χ1) is 14.2. The molecule has 0 bridgehead atoms. The van der Waals surface area contributed by atoms with E-state index in [1.807, 2.05) is 54.6 Å². The number of anilines is 2. The highest BCUT2D eigenvalue weighted by atomic mass is 32.2. The van der Waals surface area contributed by atoms with E-state index in [1.165, 1.54) is 11.8 Å². The Hall–Kier alpha value is -3.03. The molecule has 146 valence electrons. The molecule has 0 fully saturated rings. The molecule has 0 atom stereocenters. The zero-order valence-electron chi connectivity index (χ0n) is 15.4. The maximum absolute atomic E-state index is 12.5. The maximum atomic E-state index is 12.5. The second kappa shape index (κ2) is 8.98. The number of hydrogen-bond acceptors (Lipinski definition) is 5. The van der Waals surface area contributed by atoms with Gasteiger partial charge in [0.1, 0.15) is 0 Å². The number of hydrogen-bond donors (Lipinski definition) is 2. The number of thioether (sulfide) groups is 1. The fraction of sp³-hybridized carbons (Fsp3) is 0.0909. The maximum Gasteiger partial charge on any atom is 0.231 e. The average molecular weight is 423 g/mol. The zero-order valence-corrected chi connectivity index (χ0v) is 17.0. The summed E-state index contributed by atoms with van der Waals surface area (Å²) in [4.78, 5) is 13.5. The second-order valence-electron chi connectivity index (χ2n) is 6.25. The van der Waals surface area contributed by atoms with Crippen LogP contribution < -0.4 is 20.1 Å². The average Bonchev–Trinajstić information content (AvgIpc) is 3.21. The van der Waals surface area contributed by atoms with Crippen molar-refractivity contribution in [2.24, 2.45) is 0 Å². The van der Waals surface area contributed by atoms with Crippen LogP contribution in [0.4, 0.5) is 11.4 Å². The zero-order chi connectivity index (χ0) is 20.1. The molecule has 0 radical (unpaired) electrons. The van der Waals surface area contributed by atoms with Crippen molar-refractivity contribution in [3.63, 3.8) is 0 Å². The monoisotopic (exact) mass is 422 g/mol. The third-order valence-electron chi connectivity index (χ3n) is 4.19. The lowest BCUT2D eigenvalue weighted by atomic mass is 10.1. The van der Waals surface area contributed by atoms with E-state index in [1.54, 1.807) is 18.2 Å². The normalized spacial score (nSPS) is 11.7. The molecule has 1 aliphatic heterocycles. The van der Waals surface area contributed by atoms with Gasteiger partial charge in [-0.15, -0.1) is 11.8 Å². The van der Waals surface area contributed by atoms with E-state index in [-0.39, 0.29) is 12.6 Å². The molecular weight excluding hydrogens is 404 g/mol. The Morgan fingerprint density at radius 3 is 2.52 bits per heavy atom. The van der Waals surface area contributed by atoms with Crippen LogP contribution in [0.15, 0.2) is 77.7 Å². The first-order valence-electron chi connectivity index (χ1n) is 8.96. The molecule has 4 rings (SSSR count). The first-order valence-corrected chi connectivity index (χ1v) is 10.4. The summed E-state index contributed by atoms with van der Waals surface area (Å²) in [6.45, 7) is 0.197. The number of thiocarbonyl (C=S) groups is 1. The van der Waals surface area contributed by atoms with Crippen molar-refractivity contribution in [1.29, 1.82) is 0 Å². The number of fused-ring (bicyclic) bond motifs is 1. The molecule has 1 aliphatic rings. The van der Waals surface area contributed by atoms with Gasteiger partial charge < -0.3 is 20.1 Å². The van der Waals surface area contributed by atoms with Gasteiger partial charge >= 0.3 is 0 Å². The van der Waals surface area contributed by atoms with E-state index in [2.05, 4.69) is 10.6 Å². The molecule has 1 heterocycles. The van der Waals surface area contributed by atoms with Gasteiger partial charge in [0.2, 0.25) is 6.79 Å². The Morgan fingerprint density at radius 1 is 0.897 bits per heavy atom. The minimum absolute atomic E-state index is 0.0351. The molecule has 0 saturated carbocycles. The van der Waals surface area contributed by atoms with Gasteiger partial charge in [-0.25, -0.2) is 0 Å². The Bertz CT molecular complexity index is 1040. The summed E-state index contributed by atoms with van der Waals surface area (Å²) in [5.74, 6) is 1.66. The summed E-state index contributed by atoms with van der Waals surface area (Å²) in [6.07, 6.45) is 0. The number of nitrogens with one attached hydrogen (secondary N) is 2. The standard InChI is InChI=1S/C22H18N2O3S2/c25-19(15-9-10-20-21(11-15)27-14-26-20)13-29-18-8-4-7-17(12-18)24-22(28)23-16-5-2-1-3-6-16/h1-12H,13-14H2,(H2,23,24,28). The summed E-state index contributed by atoms with van der Waals surface area (Å²) in [7, 11) is 0. The minimum Gasteiger partial charge on any atom is -0.454 e. The van der Waals surface area contributed by atoms with Gasteiger partial charge in [0.15, 0.2) is 22.4 Å². The molecule has 5 nitrogen and oxygen atoms in total. The van der Waals surface area contributed by atoms with Gasteiger partial charge in [-0.3, -0.25) is 4.79 Å². The van der Waals surface area contributed by atoms with Gasteiger partial charge in [-0.2, -0.15) is 0 Å². The third-order valence-corrected chi connectivity index (χ3v) is 5.39. The summed E-state index contributed by atoms with van der Waals surface area (Å²) < 4.78 is 10.6. The summed E-state index contributed by atoms with van der Waals surface area (Å²) in [6, 6.07) is 22.8. The highest BCUT2D eigenvalue weighted by Crippen LogP contribution is 2.33. The molecule has 0 aromatic heterocycles. The lowest BCUT2D eigenvalue weighted by Gasteiger charge is -2.11. The molecule has 0 amide bonds. The van der Waals surface area contributed by atoms with Crippen molar-refractivity contribution < 1.29 is 14.3 Å². The van der Waals surface area contributed by atoms with Crippen LogP contribution in [0.25, 0.3) is 0 Å². The minimum atomic E-state index is 0.0351. The number of Topliss-reactive ketones (excluding diaryl/α,β-unsaturated/α-hetero) is 1. The van der Waals surface area contributed by atoms with E-state index in [4.69, 9.17) is 21.7 Å². The summed E-state index contributed by atoms with van der Waals surface area (Å²) >= 11 is 6.84. The molecule has 7 heteroatoms. The Kier molecular flexibility index (Phi) is 5.97. The molecule has 0 spiro atoms. The number of carbonyl (C=O) groups is 1. The van der Waals surface area contributed by atoms with E-state index >= 15 is 0 Å². The number of benzene rings is 3. The Morgan fingerprint density at radius 2 is 1.66 bits per heavy atom. The third kappa shape index (κ3) is 5.07. The van der Waals surface area contributed by atoms with Crippen molar-refractivity contribution in [3.05, 3.63) is 78.4 Å². The molecular formula is C22H18N2O3S2. The van der Waals surface area contributed by atoms with Crippen molar-refractivity contribution in [2.45, 2.75) is 4.90 Å². The fourth-order valence-corrected chi connectivity index (χ4v) is 3.87. The number of carbonyl (C=O) groups excluding carboxylic acids is 1. The molecule has 3 aromatic carbocycles. The van der Waals surface area contributed by atoms with E-state index < -0.39 is 0 Å². The molecule has 3 aromatic rings. The molecule has 0 aliphatic carbocycles. The molecule has 0 unspecified atom stereocenters. The van der Waals surface area contributed by atoms with Crippen LogP contribution >= 0.6 is 24.0 Å². The van der Waals surface area contributed by atoms with E-state index in [0.29, 0.717) is 27.9 Å². The van der Waals surface area contributed by atoms with Crippen LogP contribution in [0.5, 0.6) is 11.5 Å². The van der Waals surface area contributed by atoms with Gasteiger partial charge in [-0.1, -0.05) is 24.3 Å². The Balaban J connectivity index is 1.34. The highest BCUT2D eigenvalue weighted by molar-refractivity contribution is 8.00. The van der Waals surface area contributed by atoms with E-state index in [9.17, 15) is 4.79 Å². The quantitative estimate of drug-likeness (QED) is 0.322. The number of ether oxygens (including phenoxy) is 2. The van der Waals surface area contributed by atoms with Crippen molar-refractivity contribution in [2.75, 3.05) is 23.2 Å². The van der Waals surface area contributed by atoms with Crippen molar-refractivity contribution in [3.8, 4) is 11.5 Å². The number of ketones is 1. The predicted molar refractivity (Wildman–Crippen MR) is 120 cm³/mol. The molecule has 0 saturated heterocycles.